The molecule has 2 N–H and O–H groups in total. The summed E-state index contributed by atoms with van der Waals surface area (Å²) in [4.78, 5) is 25.5. The van der Waals surface area contributed by atoms with Crippen molar-refractivity contribution in [2.45, 2.75) is 38.5 Å². The predicted molar refractivity (Wildman–Crippen MR) is 95.9 cm³/mol. The van der Waals surface area contributed by atoms with Crippen LogP contribution in [-0.2, 0) is 14.3 Å². The first-order valence-electron chi connectivity index (χ1n) is 7.73. The van der Waals surface area contributed by atoms with Gasteiger partial charge in [0.1, 0.15) is 0 Å². The SMILES string of the molecule is C=CCN(CC=C)[C@H]1CC(C(=O)OCC)=C[C@H](O)[C@@H]1NC(C)=O.Cl. The zero-order valence-electron chi connectivity index (χ0n) is 14.2. The quantitative estimate of drug-likeness (QED) is 0.503. The Hall–Kier alpha value is -1.63. The van der Waals surface area contributed by atoms with Crippen LogP contribution in [0.15, 0.2) is 37.0 Å². The third-order valence-electron chi connectivity index (χ3n) is 3.69. The van der Waals surface area contributed by atoms with E-state index in [1.807, 2.05) is 4.90 Å². The molecule has 7 heteroatoms. The van der Waals surface area contributed by atoms with Crippen molar-refractivity contribution in [1.82, 2.24) is 10.2 Å². The summed E-state index contributed by atoms with van der Waals surface area (Å²) < 4.78 is 5.03. The van der Waals surface area contributed by atoms with E-state index in [-0.39, 0.29) is 31.0 Å². The molecule has 0 unspecified atom stereocenters. The van der Waals surface area contributed by atoms with Crippen LogP contribution in [0, 0.1) is 0 Å². The van der Waals surface area contributed by atoms with Crippen molar-refractivity contribution in [3.63, 3.8) is 0 Å². The summed E-state index contributed by atoms with van der Waals surface area (Å²) >= 11 is 0. The summed E-state index contributed by atoms with van der Waals surface area (Å²) in [6.45, 7) is 12.0. The molecule has 0 aromatic carbocycles. The number of aliphatic hydroxyl groups is 1. The van der Waals surface area contributed by atoms with E-state index in [0.717, 1.165) is 0 Å². The normalized spacial score (nSPS) is 22.8. The molecule has 0 aliphatic heterocycles. The molecule has 1 amide bonds. The lowest BCUT2D eigenvalue weighted by Gasteiger charge is -2.40. The van der Waals surface area contributed by atoms with E-state index in [4.69, 9.17) is 4.74 Å². The van der Waals surface area contributed by atoms with Gasteiger partial charge < -0.3 is 15.2 Å². The summed E-state index contributed by atoms with van der Waals surface area (Å²) in [6, 6.07) is -0.764. The average molecular weight is 359 g/mol. The van der Waals surface area contributed by atoms with Gasteiger partial charge >= 0.3 is 5.97 Å². The highest BCUT2D eigenvalue weighted by molar-refractivity contribution is 5.89. The standard InChI is InChI=1S/C17H26N2O4.ClH/c1-5-8-19(9-6-2)14-10-13(17(22)23-7-3)11-15(21)16(14)18-12(4)20;/h5-6,11,14-16,21H,1-2,7-10H2,3-4H3,(H,18,20);1H/t14-,15-,16+;/m0./s1. The predicted octanol–water partition coefficient (Wildman–Crippen LogP) is 1.21. The van der Waals surface area contributed by atoms with Crippen LogP contribution in [0.2, 0.25) is 0 Å². The van der Waals surface area contributed by atoms with E-state index in [1.165, 1.54) is 13.0 Å². The van der Waals surface area contributed by atoms with Gasteiger partial charge in [-0.25, -0.2) is 4.79 Å². The zero-order valence-corrected chi connectivity index (χ0v) is 15.1. The largest absolute Gasteiger partial charge is 0.463 e. The van der Waals surface area contributed by atoms with Gasteiger partial charge in [-0.1, -0.05) is 12.2 Å². The van der Waals surface area contributed by atoms with Gasteiger partial charge in [0.2, 0.25) is 5.91 Å². The van der Waals surface area contributed by atoms with E-state index in [2.05, 4.69) is 18.5 Å². The maximum absolute atomic E-state index is 12.0. The van der Waals surface area contributed by atoms with Gasteiger partial charge in [0, 0.05) is 31.6 Å². The number of rotatable bonds is 8. The van der Waals surface area contributed by atoms with Crippen LogP contribution in [0.25, 0.3) is 0 Å². The molecule has 3 atom stereocenters. The molecule has 136 valence electrons. The summed E-state index contributed by atoms with van der Waals surface area (Å²) in [5, 5.41) is 13.2. The molecule has 24 heavy (non-hydrogen) atoms. The molecule has 1 aliphatic rings. The lowest BCUT2D eigenvalue weighted by Crippen LogP contribution is -2.58. The molecular weight excluding hydrogens is 332 g/mol. The molecule has 0 heterocycles. The molecular formula is C17H27ClN2O4. The van der Waals surface area contributed by atoms with Gasteiger partial charge in [0.15, 0.2) is 0 Å². The van der Waals surface area contributed by atoms with Crippen LogP contribution < -0.4 is 5.32 Å². The summed E-state index contributed by atoms with van der Waals surface area (Å²) in [7, 11) is 0. The Morgan fingerprint density at radius 1 is 1.42 bits per heavy atom. The number of carbonyl (C=O) groups is 2. The number of ether oxygens (including phenoxy) is 1. The molecule has 0 aromatic rings. The summed E-state index contributed by atoms with van der Waals surface area (Å²) in [5.41, 5.74) is 0.420. The number of halogens is 1. The molecule has 0 spiro atoms. The first kappa shape index (κ1) is 22.4. The van der Waals surface area contributed by atoms with E-state index >= 15 is 0 Å². The second-order valence-corrected chi connectivity index (χ2v) is 5.43. The molecule has 6 nitrogen and oxygen atoms in total. The third kappa shape index (κ3) is 6.11. The minimum Gasteiger partial charge on any atom is -0.463 e. The van der Waals surface area contributed by atoms with Crippen molar-refractivity contribution in [2.75, 3.05) is 19.7 Å². The highest BCUT2D eigenvalue weighted by Gasteiger charge is 2.38. The van der Waals surface area contributed by atoms with Crippen LogP contribution in [0.4, 0.5) is 0 Å². The molecule has 0 saturated heterocycles. The maximum Gasteiger partial charge on any atom is 0.333 e. The molecule has 1 aliphatic carbocycles. The smallest absolute Gasteiger partial charge is 0.333 e. The minimum absolute atomic E-state index is 0. The number of nitrogens with zero attached hydrogens (tertiary/aromatic N) is 1. The van der Waals surface area contributed by atoms with Gasteiger partial charge in [-0.15, -0.1) is 25.6 Å². The van der Waals surface area contributed by atoms with Crippen LogP contribution in [0.3, 0.4) is 0 Å². The maximum atomic E-state index is 12.0. The first-order valence-corrected chi connectivity index (χ1v) is 7.73. The summed E-state index contributed by atoms with van der Waals surface area (Å²) in [5.74, 6) is -0.667. The number of esters is 1. The van der Waals surface area contributed by atoms with Crippen molar-refractivity contribution in [2.24, 2.45) is 0 Å². The van der Waals surface area contributed by atoms with Crippen LogP contribution in [-0.4, -0.2) is 59.8 Å². The Morgan fingerprint density at radius 3 is 2.46 bits per heavy atom. The van der Waals surface area contributed by atoms with Crippen molar-refractivity contribution in [3.05, 3.63) is 37.0 Å². The average Bonchev–Trinajstić information content (AvgIpc) is 2.48. The Kier molecular flexibility index (Phi) is 10.3. The highest BCUT2D eigenvalue weighted by atomic mass is 35.5. The molecule has 0 radical (unpaired) electrons. The number of amides is 1. The zero-order chi connectivity index (χ0) is 17.4. The Labute approximate surface area is 149 Å². The molecule has 0 bridgehead atoms. The fourth-order valence-corrected chi connectivity index (χ4v) is 2.78. The van der Waals surface area contributed by atoms with Gasteiger partial charge in [0.05, 0.1) is 18.8 Å². The van der Waals surface area contributed by atoms with Crippen LogP contribution in [0.1, 0.15) is 20.3 Å². The monoisotopic (exact) mass is 358 g/mol. The van der Waals surface area contributed by atoms with E-state index < -0.39 is 18.1 Å². The van der Waals surface area contributed by atoms with Crippen molar-refractivity contribution in [1.29, 1.82) is 0 Å². The van der Waals surface area contributed by atoms with E-state index in [1.54, 1.807) is 19.1 Å². The Balaban J connectivity index is 0.00000529. The van der Waals surface area contributed by atoms with Crippen molar-refractivity contribution in [3.8, 4) is 0 Å². The fraction of sp³-hybridized carbons (Fsp3) is 0.529. The second-order valence-electron chi connectivity index (χ2n) is 5.43. The van der Waals surface area contributed by atoms with E-state index in [9.17, 15) is 14.7 Å². The molecule has 0 saturated carbocycles. The number of hydrogen-bond donors (Lipinski definition) is 2. The molecule has 0 aromatic heterocycles. The van der Waals surface area contributed by atoms with Gasteiger partial charge in [-0.05, 0) is 19.4 Å². The molecule has 0 fully saturated rings. The van der Waals surface area contributed by atoms with Crippen molar-refractivity contribution < 1.29 is 19.4 Å². The number of nitrogens with one attached hydrogen (secondary N) is 1. The van der Waals surface area contributed by atoms with Gasteiger partial charge in [-0.3, -0.25) is 9.69 Å². The lowest BCUT2D eigenvalue weighted by atomic mass is 9.86. The Morgan fingerprint density at radius 2 is 2.00 bits per heavy atom. The van der Waals surface area contributed by atoms with Gasteiger partial charge in [0.25, 0.3) is 0 Å². The lowest BCUT2D eigenvalue weighted by molar-refractivity contribution is -0.139. The number of carbonyl (C=O) groups excluding carboxylic acids is 2. The Bertz CT molecular complexity index is 483. The first-order chi connectivity index (χ1) is 10.9. The topological polar surface area (TPSA) is 78.9 Å². The van der Waals surface area contributed by atoms with Crippen LogP contribution in [0.5, 0.6) is 0 Å². The van der Waals surface area contributed by atoms with Gasteiger partial charge in [-0.2, -0.15) is 0 Å². The van der Waals surface area contributed by atoms with E-state index in [0.29, 0.717) is 25.1 Å². The van der Waals surface area contributed by atoms with Crippen molar-refractivity contribution >= 4 is 24.3 Å². The fourth-order valence-electron chi connectivity index (χ4n) is 2.78. The number of aliphatic hydroxyl groups excluding tert-OH is 1. The minimum atomic E-state index is -0.964. The third-order valence-corrected chi connectivity index (χ3v) is 3.69. The highest BCUT2D eigenvalue weighted by Crippen LogP contribution is 2.25. The van der Waals surface area contributed by atoms with Crippen LogP contribution >= 0.6 is 12.4 Å². The summed E-state index contributed by atoms with van der Waals surface area (Å²) in [6.07, 6.45) is 4.36. The molecule has 1 rings (SSSR count). The number of hydrogen-bond acceptors (Lipinski definition) is 5. The second kappa shape index (κ2) is 11.0.